The van der Waals surface area contributed by atoms with Crippen LogP contribution in [0.15, 0.2) is 12.1 Å². The molecule has 1 aliphatic heterocycles. The van der Waals surface area contributed by atoms with Crippen molar-refractivity contribution in [1.82, 2.24) is 4.98 Å². The fraction of sp³-hybridized carbons (Fsp3) is 0.444. The summed E-state index contributed by atoms with van der Waals surface area (Å²) in [4.78, 5) is 15.8. The highest BCUT2D eigenvalue weighted by molar-refractivity contribution is 5.56. The quantitative estimate of drug-likeness (QED) is 0.301. The minimum atomic E-state index is -0.889. The molecule has 1 aliphatic rings. The number of nitrogens with two attached hydrogens (primary N) is 1. The lowest BCUT2D eigenvalue weighted by Crippen LogP contribution is -2.23. The molecule has 2 heterocycles. The van der Waals surface area contributed by atoms with E-state index in [0.717, 1.165) is 0 Å². The van der Waals surface area contributed by atoms with E-state index in [4.69, 9.17) is 5.84 Å². The molecule has 0 amide bonds. The standard InChI is InChI=1S/C9H13N5O4/c10-12-8-1-5(14(17)18)2-9(11-8)13-3-6(15)7(16)4-13/h1-2,6-7,15-16H,3-4,10H2,(H,11,12). The van der Waals surface area contributed by atoms with Gasteiger partial charge in [-0.25, -0.2) is 10.8 Å². The fourth-order valence-corrected chi connectivity index (χ4v) is 1.80. The van der Waals surface area contributed by atoms with E-state index >= 15 is 0 Å². The normalized spacial score (nSPS) is 23.2. The molecule has 18 heavy (non-hydrogen) atoms. The van der Waals surface area contributed by atoms with E-state index in [9.17, 15) is 20.3 Å². The number of nitrogens with zero attached hydrogens (tertiary/aromatic N) is 3. The second-order valence-electron chi connectivity index (χ2n) is 4.01. The van der Waals surface area contributed by atoms with E-state index in [1.807, 2.05) is 0 Å². The Morgan fingerprint density at radius 2 is 2.06 bits per heavy atom. The Hall–Kier alpha value is -1.97. The summed E-state index contributed by atoms with van der Waals surface area (Å²) in [6.07, 6.45) is -1.78. The first kappa shape index (κ1) is 12.5. The van der Waals surface area contributed by atoms with E-state index in [-0.39, 0.29) is 30.4 Å². The van der Waals surface area contributed by atoms with Crippen LogP contribution in [0.4, 0.5) is 17.3 Å². The molecule has 0 aliphatic carbocycles. The van der Waals surface area contributed by atoms with Crippen molar-refractivity contribution in [3.63, 3.8) is 0 Å². The molecule has 0 radical (unpaired) electrons. The molecule has 1 saturated heterocycles. The molecule has 1 aromatic heterocycles. The molecule has 0 saturated carbocycles. The lowest BCUT2D eigenvalue weighted by molar-refractivity contribution is -0.384. The van der Waals surface area contributed by atoms with Crippen LogP contribution >= 0.6 is 0 Å². The summed E-state index contributed by atoms with van der Waals surface area (Å²) in [6.45, 7) is 0.332. The molecule has 98 valence electrons. The molecule has 9 nitrogen and oxygen atoms in total. The molecule has 1 fully saturated rings. The summed E-state index contributed by atoms with van der Waals surface area (Å²) in [5.74, 6) is 5.62. The van der Waals surface area contributed by atoms with Gasteiger partial charge in [0.15, 0.2) is 0 Å². The van der Waals surface area contributed by atoms with Gasteiger partial charge in [-0.15, -0.1) is 0 Å². The number of rotatable bonds is 3. The first-order chi connectivity index (χ1) is 8.51. The Kier molecular flexibility index (Phi) is 3.28. The van der Waals surface area contributed by atoms with Gasteiger partial charge in [0.1, 0.15) is 11.6 Å². The number of pyridine rings is 1. The minimum Gasteiger partial charge on any atom is -0.389 e. The van der Waals surface area contributed by atoms with Gasteiger partial charge in [0.2, 0.25) is 0 Å². The van der Waals surface area contributed by atoms with E-state index in [1.54, 1.807) is 4.90 Å². The number of hydrogen-bond donors (Lipinski definition) is 4. The van der Waals surface area contributed by atoms with Gasteiger partial charge in [0.25, 0.3) is 5.69 Å². The summed E-state index contributed by atoms with van der Waals surface area (Å²) in [5, 5.41) is 29.6. The number of nitrogen functional groups attached to an aromatic ring is 1. The topological polar surface area (TPSA) is 138 Å². The Balaban J connectivity index is 2.32. The van der Waals surface area contributed by atoms with Crippen LogP contribution < -0.4 is 16.2 Å². The monoisotopic (exact) mass is 255 g/mol. The van der Waals surface area contributed by atoms with Gasteiger partial charge < -0.3 is 20.5 Å². The number of nitro groups is 1. The largest absolute Gasteiger partial charge is 0.389 e. The predicted octanol–water partition coefficient (Wildman–Crippen LogP) is -1.18. The smallest absolute Gasteiger partial charge is 0.276 e. The average molecular weight is 255 g/mol. The number of aliphatic hydroxyl groups is 2. The third-order valence-electron chi connectivity index (χ3n) is 2.74. The van der Waals surface area contributed by atoms with Crippen molar-refractivity contribution >= 4 is 17.3 Å². The molecular formula is C9H13N5O4. The van der Waals surface area contributed by atoms with Crippen LogP contribution in [-0.2, 0) is 0 Å². The molecule has 2 atom stereocenters. The summed E-state index contributed by atoms with van der Waals surface area (Å²) in [7, 11) is 0. The Morgan fingerprint density at radius 3 is 2.56 bits per heavy atom. The van der Waals surface area contributed by atoms with Crippen molar-refractivity contribution < 1.29 is 15.1 Å². The maximum absolute atomic E-state index is 10.8. The zero-order valence-corrected chi connectivity index (χ0v) is 9.35. The average Bonchev–Trinajstić information content (AvgIpc) is 2.69. The van der Waals surface area contributed by atoms with Gasteiger partial charge in [0, 0.05) is 13.1 Å². The third kappa shape index (κ3) is 2.32. The van der Waals surface area contributed by atoms with Gasteiger partial charge in [-0.05, 0) is 0 Å². The van der Waals surface area contributed by atoms with Gasteiger partial charge in [0.05, 0.1) is 29.3 Å². The zero-order valence-electron chi connectivity index (χ0n) is 9.35. The number of hydrogen-bond acceptors (Lipinski definition) is 8. The maximum Gasteiger partial charge on any atom is 0.276 e. The number of aromatic nitrogens is 1. The highest BCUT2D eigenvalue weighted by Crippen LogP contribution is 2.25. The maximum atomic E-state index is 10.8. The Bertz CT molecular complexity index is 458. The fourth-order valence-electron chi connectivity index (χ4n) is 1.80. The molecule has 9 heteroatoms. The number of anilines is 2. The van der Waals surface area contributed by atoms with E-state index < -0.39 is 17.1 Å². The van der Waals surface area contributed by atoms with Gasteiger partial charge in [-0.1, -0.05) is 0 Å². The second-order valence-corrected chi connectivity index (χ2v) is 4.01. The van der Waals surface area contributed by atoms with E-state index in [0.29, 0.717) is 0 Å². The van der Waals surface area contributed by atoms with E-state index in [2.05, 4.69) is 10.4 Å². The molecule has 0 bridgehead atoms. The first-order valence-corrected chi connectivity index (χ1v) is 5.25. The van der Waals surface area contributed by atoms with Gasteiger partial charge >= 0.3 is 0 Å². The summed E-state index contributed by atoms with van der Waals surface area (Å²) in [6, 6.07) is 2.47. The predicted molar refractivity (Wildman–Crippen MR) is 62.9 cm³/mol. The van der Waals surface area contributed by atoms with E-state index in [1.165, 1.54) is 12.1 Å². The Morgan fingerprint density at radius 1 is 1.44 bits per heavy atom. The molecule has 2 unspecified atom stereocenters. The van der Waals surface area contributed by atoms with Crippen molar-refractivity contribution in [3.8, 4) is 0 Å². The molecule has 0 aromatic carbocycles. The number of β-amino-alcohol motifs (C(OH)–C–C–N with tert-alkyl or cyclic N) is 2. The first-order valence-electron chi connectivity index (χ1n) is 5.25. The molecule has 1 aromatic rings. The van der Waals surface area contributed by atoms with Crippen LogP contribution in [0.3, 0.4) is 0 Å². The van der Waals surface area contributed by atoms with Crippen molar-refractivity contribution in [3.05, 3.63) is 22.2 Å². The number of nitrogens with one attached hydrogen (secondary N) is 1. The number of aliphatic hydroxyl groups excluding tert-OH is 2. The lowest BCUT2D eigenvalue weighted by Gasteiger charge is -2.16. The SMILES string of the molecule is NNc1cc([N+](=O)[O-])cc(N2CC(O)C(O)C2)n1. The van der Waals surface area contributed by atoms with Gasteiger partial charge in [-0.3, -0.25) is 10.1 Å². The summed E-state index contributed by atoms with van der Waals surface area (Å²) >= 11 is 0. The third-order valence-corrected chi connectivity index (χ3v) is 2.74. The summed E-state index contributed by atoms with van der Waals surface area (Å²) in [5.41, 5.74) is 2.08. The number of hydrazine groups is 1. The highest BCUT2D eigenvalue weighted by Gasteiger charge is 2.31. The van der Waals surface area contributed by atoms with Crippen LogP contribution in [0.2, 0.25) is 0 Å². The van der Waals surface area contributed by atoms with Crippen LogP contribution in [0, 0.1) is 10.1 Å². The van der Waals surface area contributed by atoms with Crippen LogP contribution in [0.25, 0.3) is 0 Å². The van der Waals surface area contributed by atoms with Crippen LogP contribution in [-0.4, -0.2) is 45.4 Å². The van der Waals surface area contributed by atoms with Crippen LogP contribution in [0.1, 0.15) is 0 Å². The van der Waals surface area contributed by atoms with Crippen molar-refractivity contribution in [2.75, 3.05) is 23.4 Å². The highest BCUT2D eigenvalue weighted by atomic mass is 16.6. The summed E-state index contributed by atoms with van der Waals surface area (Å²) < 4.78 is 0. The molecular weight excluding hydrogens is 242 g/mol. The van der Waals surface area contributed by atoms with Crippen molar-refractivity contribution in [2.24, 2.45) is 5.84 Å². The lowest BCUT2D eigenvalue weighted by atomic mass is 10.3. The van der Waals surface area contributed by atoms with Crippen molar-refractivity contribution in [1.29, 1.82) is 0 Å². The van der Waals surface area contributed by atoms with Gasteiger partial charge in [-0.2, -0.15) is 0 Å². The zero-order chi connectivity index (χ0) is 13.3. The molecule has 5 N–H and O–H groups in total. The Labute approximate surface area is 102 Å². The second kappa shape index (κ2) is 4.72. The minimum absolute atomic E-state index is 0.148. The molecule has 2 rings (SSSR count). The van der Waals surface area contributed by atoms with Crippen LogP contribution in [0.5, 0.6) is 0 Å². The molecule has 0 spiro atoms. The van der Waals surface area contributed by atoms with Crippen molar-refractivity contribution in [2.45, 2.75) is 12.2 Å².